The zero-order valence-corrected chi connectivity index (χ0v) is 21.9. The maximum Gasteiger partial charge on any atom is 0.241 e. The van der Waals surface area contributed by atoms with Gasteiger partial charge in [0.15, 0.2) is 0 Å². The van der Waals surface area contributed by atoms with Crippen molar-refractivity contribution in [1.82, 2.24) is 24.7 Å². The van der Waals surface area contributed by atoms with Crippen molar-refractivity contribution in [1.29, 1.82) is 0 Å². The number of nitrogens with zero attached hydrogens (tertiary/aromatic N) is 2. The Hall–Kier alpha value is -2.85. The van der Waals surface area contributed by atoms with Crippen molar-refractivity contribution >= 4 is 43.6 Å². The van der Waals surface area contributed by atoms with Crippen LogP contribution in [0.4, 0.5) is 0 Å². The summed E-state index contributed by atoms with van der Waals surface area (Å²) in [6.45, 7) is 0.779. The molecule has 0 radical (unpaired) electrons. The first kappa shape index (κ1) is 24.8. The van der Waals surface area contributed by atoms with E-state index in [1.54, 1.807) is 18.3 Å². The van der Waals surface area contributed by atoms with Gasteiger partial charge in [-0.25, -0.2) is 18.1 Å². The molecule has 0 bridgehead atoms. The Morgan fingerprint density at radius 2 is 1.94 bits per heavy atom. The molecule has 0 spiro atoms. The van der Waals surface area contributed by atoms with Crippen LogP contribution in [0.5, 0.6) is 0 Å². The average molecular weight is 522 g/mol. The highest BCUT2D eigenvalue weighted by atomic mass is 32.2. The van der Waals surface area contributed by atoms with Crippen molar-refractivity contribution in [2.24, 2.45) is 0 Å². The first-order chi connectivity index (χ1) is 17.5. The monoisotopic (exact) mass is 521 g/mol. The van der Waals surface area contributed by atoms with Gasteiger partial charge in [0.2, 0.25) is 10.0 Å². The van der Waals surface area contributed by atoms with E-state index in [1.807, 2.05) is 54.0 Å². The van der Waals surface area contributed by atoms with Gasteiger partial charge in [0.1, 0.15) is 5.65 Å². The third-order valence-corrected chi connectivity index (χ3v) is 9.38. The van der Waals surface area contributed by atoms with Crippen LogP contribution in [0.3, 0.4) is 0 Å². The van der Waals surface area contributed by atoms with Crippen molar-refractivity contribution in [3.8, 4) is 0 Å². The molecule has 2 unspecified atom stereocenters. The Balaban J connectivity index is 1.34. The second-order valence-electron chi connectivity index (χ2n) is 9.29. The molecule has 188 valence electrons. The van der Waals surface area contributed by atoms with Gasteiger partial charge in [-0.1, -0.05) is 67.5 Å². The SMILES string of the molecule is CNC(=S)C1(c2ccc3nccn3c2)CCCCC1NCCNS(=O)(=O)c1cccc2ccccc12. The molecule has 0 aliphatic heterocycles. The van der Waals surface area contributed by atoms with Crippen LogP contribution in [0.2, 0.25) is 0 Å². The quantitative estimate of drug-likeness (QED) is 0.242. The number of hydrogen-bond acceptors (Lipinski definition) is 5. The first-order valence-corrected chi connectivity index (χ1v) is 14.2. The molecule has 9 heteroatoms. The van der Waals surface area contributed by atoms with E-state index in [9.17, 15) is 8.42 Å². The van der Waals surface area contributed by atoms with E-state index in [4.69, 9.17) is 12.2 Å². The van der Waals surface area contributed by atoms with E-state index < -0.39 is 10.0 Å². The summed E-state index contributed by atoms with van der Waals surface area (Å²) in [5, 5.41) is 8.53. The van der Waals surface area contributed by atoms with Gasteiger partial charge in [-0.05, 0) is 35.9 Å². The number of aromatic nitrogens is 2. The summed E-state index contributed by atoms with van der Waals surface area (Å²) in [7, 11) is -1.77. The highest BCUT2D eigenvalue weighted by Gasteiger charge is 2.45. The number of sulfonamides is 1. The second-order valence-corrected chi connectivity index (χ2v) is 11.4. The minimum Gasteiger partial charge on any atom is -0.382 e. The van der Waals surface area contributed by atoms with Crippen LogP contribution in [0.25, 0.3) is 16.4 Å². The van der Waals surface area contributed by atoms with Gasteiger partial charge in [0.05, 0.1) is 15.3 Å². The smallest absolute Gasteiger partial charge is 0.241 e. The molecule has 2 heterocycles. The van der Waals surface area contributed by atoms with E-state index >= 15 is 0 Å². The van der Waals surface area contributed by atoms with Crippen molar-refractivity contribution in [2.75, 3.05) is 20.1 Å². The van der Waals surface area contributed by atoms with E-state index in [1.165, 1.54) is 0 Å². The van der Waals surface area contributed by atoms with Gasteiger partial charge >= 0.3 is 0 Å². The number of nitrogens with one attached hydrogen (secondary N) is 3. The molecular weight excluding hydrogens is 490 g/mol. The maximum atomic E-state index is 13.1. The van der Waals surface area contributed by atoms with Crippen LogP contribution < -0.4 is 15.4 Å². The molecule has 1 aliphatic carbocycles. The van der Waals surface area contributed by atoms with E-state index in [2.05, 4.69) is 32.6 Å². The summed E-state index contributed by atoms with van der Waals surface area (Å²) in [6.07, 6.45) is 9.92. The molecule has 5 rings (SSSR count). The first-order valence-electron chi connectivity index (χ1n) is 12.3. The zero-order chi connectivity index (χ0) is 25.2. The van der Waals surface area contributed by atoms with E-state index in [0.717, 1.165) is 52.7 Å². The average Bonchev–Trinajstić information content (AvgIpc) is 3.38. The summed E-state index contributed by atoms with van der Waals surface area (Å²) in [5.41, 5.74) is 1.66. The van der Waals surface area contributed by atoms with E-state index in [0.29, 0.717) is 11.4 Å². The van der Waals surface area contributed by atoms with Crippen LogP contribution in [-0.4, -0.2) is 49.0 Å². The topological polar surface area (TPSA) is 87.5 Å². The predicted molar refractivity (Wildman–Crippen MR) is 148 cm³/mol. The number of likely N-dealkylation sites (N-methyl/N-ethyl adjacent to an activating group) is 1. The van der Waals surface area contributed by atoms with Crippen molar-refractivity contribution in [2.45, 2.75) is 42.0 Å². The van der Waals surface area contributed by atoms with Gasteiger partial charge in [-0.2, -0.15) is 0 Å². The number of fused-ring (bicyclic) bond motifs is 2. The Kier molecular flexibility index (Phi) is 7.07. The predicted octanol–water partition coefficient (Wildman–Crippen LogP) is 3.78. The van der Waals surface area contributed by atoms with Gasteiger partial charge in [0.25, 0.3) is 0 Å². The van der Waals surface area contributed by atoms with Crippen molar-refractivity contribution in [3.63, 3.8) is 0 Å². The minimum atomic E-state index is -3.65. The van der Waals surface area contributed by atoms with Gasteiger partial charge in [0, 0.05) is 50.2 Å². The highest BCUT2D eigenvalue weighted by Crippen LogP contribution is 2.40. The summed E-state index contributed by atoms with van der Waals surface area (Å²) in [4.78, 5) is 5.48. The number of imidazole rings is 1. The summed E-state index contributed by atoms with van der Waals surface area (Å²) in [6, 6.07) is 17.1. The summed E-state index contributed by atoms with van der Waals surface area (Å²) in [5.74, 6) is 0. The lowest BCUT2D eigenvalue weighted by Crippen LogP contribution is -2.58. The zero-order valence-electron chi connectivity index (χ0n) is 20.3. The third-order valence-electron chi connectivity index (χ3n) is 7.29. The Morgan fingerprint density at radius 1 is 1.11 bits per heavy atom. The molecule has 36 heavy (non-hydrogen) atoms. The van der Waals surface area contributed by atoms with Crippen LogP contribution in [0, 0.1) is 0 Å². The Morgan fingerprint density at radius 3 is 2.81 bits per heavy atom. The van der Waals surface area contributed by atoms with Crippen LogP contribution >= 0.6 is 12.2 Å². The van der Waals surface area contributed by atoms with Crippen LogP contribution in [-0.2, 0) is 15.4 Å². The third kappa shape index (κ3) is 4.52. The largest absolute Gasteiger partial charge is 0.382 e. The van der Waals surface area contributed by atoms with Crippen LogP contribution in [0.1, 0.15) is 31.2 Å². The number of rotatable bonds is 8. The fourth-order valence-corrected chi connectivity index (χ4v) is 7.17. The van der Waals surface area contributed by atoms with Gasteiger partial charge in [-0.15, -0.1) is 0 Å². The van der Waals surface area contributed by atoms with E-state index in [-0.39, 0.29) is 18.0 Å². The van der Waals surface area contributed by atoms with Crippen LogP contribution in [0.15, 0.2) is 78.1 Å². The molecular formula is C27H31N5O2S2. The second kappa shape index (κ2) is 10.3. The maximum absolute atomic E-state index is 13.1. The van der Waals surface area contributed by atoms with Gasteiger partial charge in [-0.3, -0.25) is 0 Å². The molecule has 0 amide bonds. The minimum absolute atomic E-state index is 0.0780. The molecule has 7 nitrogen and oxygen atoms in total. The van der Waals surface area contributed by atoms with Crippen molar-refractivity contribution in [3.05, 3.63) is 78.8 Å². The molecule has 2 atom stereocenters. The number of hydrogen-bond donors (Lipinski definition) is 3. The molecule has 0 saturated heterocycles. The lowest BCUT2D eigenvalue weighted by molar-refractivity contribution is 0.277. The number of benzene rings is 2. The normalized spacial score (nSPS) is 20.5. The summed E-state index contributed by atoms with van der Waals surface area (Å²) < 4.78 is 31.1. The van der Waals surface area contributed by atoms with Crippen molar-refractivity contribution < 1.29 is 8.42 Å². The molecule has 2 aromatic carbocycles. The molecule has 3 N–H and O–H groups in total. The standard InChI is InChI=1S/C27H31N5O2S2/c1-28-26(35)27(21-12-13-25-30-17-18-32(25)19-21)14-5-4-11-24(27)29-15-16-31-36(33,34)23-10-6-8-20-7-2-3-9-22(20)23/h2-3,6-10,12-13,17-19,24,29,31H,4-5,11,14-16H2,1H3,(H,28,35). The Labute approximate surface area is 217 Å². The number of pyridine rings is 1. The molecule has 1 aliphatic rings. The fraction of sp³-hybridized carbons (Fsp3) is 0.333. The molecule has 4 aromatic rings. The fourth-order valence-electron chi connectivity index (χ4n) is 5.54. The lowest BCUT2D eigenvalue weighted by atomic mass is 9.66. The highest BCUT2D eigenvalue weighted by molar-refractivity contribution is 7.89. The number of thiocarbonyl (C=S) groups is 1. The summed E-state index contributed by atoms with van der Waals surface area (Å²) >= 11 is 5.91. The Bertz CT molecular complexity index is 1500. The molecule has 2 aromatic heterocycles. The molecule has 1 fully saturated rings. The van der Waals surface area contributed by atoms with Gasteiger partial charge < -0.3 is 15.0 Å². The lowest BCUT2D eigenvalue weighted by Gasteiger charge is -2.45. The molecule has 1 saturated carbocycles.